The van der Waals surface area contributed by atoms with Gasteiger partial charge < -0.3 is 15.1 Å². The number of amidine groups is 1. The summed E-state index contributed by atoms with van der Waals surface area (Å²) < 4.78 is 0. The number of allylic oxidation sites excluding steroid dienone is 1. The highest BCUT2D eigenvalue weighted by atomic mass is 35.5. The molecule has 2 aliphatic heterocycles. The van der Waals surface area contributed by atoms with Gasteiger partial charge in [-0.1, -0.05) is 36.4 Å². The van der Waals surface area contributed by atoms with Gasteiger partial charge in [-0.15, -0.1) is 0 Å². The Kier molecular flexibility index (Phi) is 6.39. The quantitative estimate of drug-likeness (QED) is 0.341. The number of likely N-dealkylation sites (tertiary alicyclic amines) is 1. The maximum absolute atomic E-state index is 8.89. The van der Waals surface area contributed by atoms with E-state index in [2.05, 4.69) is 27.9 Å². The summed E-state index contributed by atoms with van der Waals surface area (Å²) in [5.41, 5.74) is 2.85. The zero-order valence-corrected chi connectivity index (χ0v) is 18.0. The third-order valence-corrected chi connectivity index (χ3v) is 6.12. The van der Waals surface area contributed by atoms with Crippen molar-refractivity contribution < 1.29 is 4.84 Å². The highest BCUT2D eigenvalue weighted by molar-refractivity contribution is 6.31. The standard InChI is InChI=1S/C24H26ClN5O/c1-16(20-6-2-3-7-23(20)31-27)29-22-13-19(25)8-9-21(22)24(26)30-12-10-18(15-30)17-5-4-11-28-14-17/h2-4,6-9,11,13-14,17-18,26,29H,1,5,10,12,15,27H2. The first-order chi connectivity index (χ1) is 15.1. The fourth-order valence-electron chi connectivity index (χ4n) is 4.20. The number of nitrogens with one attached hydrogen (secondary N) is 2. The summed E-state index contributed by atoms with van der Waals surface area (Å²) in [6.45, 7) is 5.83. The highest BCUT2D eigenvalue weighted by Gasteiger charge is 2.31. The molecule has 1 saturated heterocycles. The molecule has 0 aliphatic carbocycles. The Labute approximate surface area is 187 Å². The third-order valence-electron chi connectivity index (χ3n) is 5.89. The van der Waals surface area contributed by atoms with Gasteiger partial charge in [-0.3, -0.25) is 10.4 Å². The number of anilines is 1. The first-order valence-electron chi connectivity index (χ1n) is 10.3. The number of rotatable bonds is 6. The van der Waals surface area contributed by atoms with E-state index in [1.54, 1.807) is 6.07 Å². The van der Waals surface area contributed by atoms with Gasteiger partial charge in [0.2, 0.25) is 0 Å². The molecule has 4 N–H and O–H groups in total. The maximum Gasteiger partial charge on any atom is 0.156 e. The van der Waals surface area contributed by atoms with Crippen molar-refractivity contribution in [2.75, 3.05) is 18.4 Å². The van der Waals surface area contributed by atoms with Crippen molar-refractivity contribution in [1.29, 1.82) is 5.41 Å². The number of halogens is 1. The number of hydrogen-bond donors (Lipinski definition) is 3. The molecule has 0 saturated carbocycles. The molecular weight excluding hydrogens is 410 g/mol. The normalized spacial score (nSPS) is 20.0. The van der Waals surface area contributed by atoms with E-state index in [1.165, 1.54) is 0 Å². The largest absolute Gasteiger partial charge is 0.411 e. The predicted molar refractivity (Wildman–Crippen MR) is 128 cm³/mol. The lowest BCUT2D eigenvalue weighted by atomic mass is 9.89. The van der Waals surface area contributed by atoms with E-state index in [-0.39, 0.29) is 0 Å². The van der Waals surface area contributed by atoms with Crippen molar-refractivity contribution in [3.05, 3.63) is 77.5 Å². The smallest absolute Gasteiger partial charge is 0.156 e. The highest BCUT2D eigenvalue weighted by Crippen LogP contribution is 2.32. The van der Waals surface area contributed by atoms with Crippen LogP contribution < -0.4 is 16.1 Å². The summed E-state index contributed by atoms with van der Waals surface area (Å²) in [5.74, 6) is 7.33. The van der Waals surface area contributed by atoms with Gasteiger partial charge in [0.1, 0.15) is 5.84 Å². The summed E-state index contributed by atoms with van der Waals surface area (Å²) in [7, 11) is 0. The third kappa shape index (κ3) is 4.65. The molecule has 2 aromatic rings. The summed E-state index contributed by atoms with van der Waals surface area (Å²) in [5, 5.41) is 12.8. The second-order valence-corrected chi connectivity index (χ2v) is 8.27. The van der Waals surface area contributed by atoms with Crippen LogP contribution in [0, 0.1) is 17.2 Å². The van der Waals surface area contributed by atoms with Gasteiger partial charge in [-0.05, 0) is 49.1 Å². The van der Waals surface area contributed by atoms with Crippen LogP contribution in [-0.2, 0) is 0 Å². The Balaban J connectivity index is 1.53. The molecule has 2 aliphatic rings. The summed E-state index contributed by atoms with van der Waals surface area (Å²) in [6, 6.07) is 12.9. The van der Waals surface area contributed by atoms with Crippen LogP contribution in [0.3, 0.4) is 0 Å². The molecule has 4 rings (SSSR count). The average molecular weight is 436 g/mol. The number of para-hydroxylation sites is 1. The number of aliphatic imine (C=N–C) groups is 1. The van der Waals surface area contributed by atoms with Crippen molar-refractivity contribution in [2.24, 2.45) is 22.7 Å². The van der Waals surface area contributed by atoms with Gasteiger partial charge in [0.05, 0.1) is 5.69 Å². The Morgan fingerprint density at radius 3 is 2.87 bits per heavy atom. The molecule has 7 heteroatoms. The van der Waals surface area contributed by atoms with Gasteiger partial charge in [0.25, 0.3) is 0 Å². The lowest BCUT2D eigenvalue weighted by Gasteiger charge is -2.24. The van der Waals surface area contributed by atoms with Crippen molar-refractivity contribution in [2.45, 2.75) is 12.8 Å². The monoisotopic (exact) mass is 435 g/mol. The van der Waals surface area contributed by atoms with Crippen molar-refractivity contribution >= 4 is 35.0 Å². The Morgan fingerprint density at radius 1 is 1.26 bits per heavy atom. The fourth-order valence-corrected chi connectivity index (χ4v) is 4.37. The summed E-state index contributed by atoms with van der Waals surface area (Å²) >= 11 is 6.27. The zero-order valence-electron chi connectivity index (χ0n) is 17.2. The molecule has 0 aromatic heterocycles. The fraction of sp³-hybridized carbons (Fsp3) is 0.250. The van der Waals surface area contributed by atoms with E-state index in [4.69, 9.17) is 27.7 Å². The van der Waals surface area contributed by atoms with Crippen LogP contribution in [-0.4, -0.2) is 30.0 Å². The SMILES string of the molecule is C=C(Nc1cc(Cl)ccc1C(=N)N1CCC(C2C=NC=CC2)C1)c1ccccc1ON. The molecule has 2 unspecified atom stereocenters. The lowest BCUT2D eigenvalue weighted by Crippen LogP contribution is -2.30. The minimum absolute atomic E-state index is 0.443. The molecule has 0 amide bonds. The Morgan fingerprint density at radius 2 is 2.10 bits per heavy atom. The molecule has 2 heterocycles. The molecule has 0 radical (unpaired) electrons. The zero-order chi connectivity index (χ0) is 21.8. The van der Waals surface area contributed by atoms with Gasteiger partial charge in [0, 0.05) is 53.3 Å². The van der Waals surface area contributed by atoms with Crippen LogP contribution in [0.2, 0.25) is 5.02 Å². The lowest BCUT2D eigenvalue weighted by molar-refractivity contribution is 0.333. The number of nitrogens with two attached hydrogens (primary N) is 1. The summed E-state index contributed by atoms with van der Waals surface area (Å²) in [6.07, 6.45) is 8.10. The Hall–Kier alpha value is -3.09. The van der Waals surface area contributed by atoms with Crippen LogP contribution in [0.15, 0.2) is 66.3 Å². The predicted octanol–water partition coefficient (Wildman–Crippen LogP) is 4.93. The first kappa shape index (κ1) is 21.2. The Bertz CT molecular complexity index is 1050. The van der Waals surface area contributed by atoms with Crippen LogP contribution in [0.4, 0.5) is 5.69 Å². The number of benzene rings is 2. The van der Waals surface area contributed by atoms with E-state index in [9.17, 15) is 0 Å². The van der Waals surface area contributed by atoms with E-state index in [0.29, 0.717) is 34.1 Å². The van der Waals surface area contributed by atoms with Crippen molar-refractivity contribution in [3.63, 3.8) is 0 Å². The molecule has 160 valence electrons. The van der Waals surface area contributed by atoms with Gasteiger partial charge in [-0.2, -0.15) is 5.90 Å². The molecule has 6 nitrogen and oxygen atoms in total. The molecule has 0 spiro atoms. The topological polar surface area (TPSA) is 86.7 Å². The van der Waals surface area contributed by atoms with Crippen LogP contribution in [0.5, 0.6) is 5.75 Å². The van der Waals surface area contributed by atoms with E-state index in [1.807, 2.05) is 48.8 Å². The second kappa shape index (κ2) is 9.37. The van der Waals surface area contributed by atoms with Crippen LogP contribution in [0.1, 0.15) is 24.0 Å². The maximum atomic E-state index is 8.89. The van der Waals surface area contributed by atoms with Gasteiger partial charge in [0.15, 0.2) is 5.75 Å². The number of hydrogen-bond acceptors (Lipinski definition) is 5. The van der Waals surface area contributed by atoms with Gasteiger partial charge in [-0.25, -0.2) is 0 Å². The van der Waals surface area contributed by atoms with Gasteiger partial charge >= 0.3 is 0 Å². The van der Waals surface area contributed by atoms with Crippen molar-refractivity contribution in [3.8, 4) is 5.75 Å². The van der Waals surface area contributed by atoms with Crippen molar-refractivity contribution in [1.82, 2.24) is 4.90 Å². The second-order valence-electron chi connectivity index (χ2n) is 7.83. The minimum Gasteiger partial charge on any atom is -0.411 e. The number of nitrogens with zero attached hydrogens (tertiary/aromatic N) is 2. The van der Waals surface area contributed by atoms with Crippen LogP contribution >= 0.6 is 11.6 Å². The summed E-state index contributed by atoms with van der Waals surface area (Å²) in [4.78, 5) is 11.4. The van der Waals surface area contributed by atoms with E-state index >= 15 is 0 Å². The minimum atomic E-state index is 0.443. The van der Waals surface area contributed by atoms with E-state index < -0.39 is 0 Å². The van der Waals surface area contributed by atoms with Crippen LogP contribution in [0.25, 0.3) is 5.70 Å². The molecule has 2 aromatic carbocycles. The van der Waals surface area contributed by atoms with E-state index in [0.717, 1.165) is 42.7 Å². The molecule has 31 heavy (non-hydrogen) atoms. The molecular formula is C24H26ClN5O. The average Bonchev–Trinajstić information content (AvgIpc) is 3.30. The molecule has 0 bridgehead atoms. The molecule has 1 fully saturated rings. The molecule has 2 atom stereocenters. The first-order valence-corrected chi connectivity index (χ1v) is 10.7.